The van der Waals surface area contributed by atoms with Crippen molar-refractivity contribution in [3.63, 3.8) is 0 Å². The predicted octanol–water partition coefficient (Wildman–Crippen LogP) is -3.08. The Morgan fingerprint density at radius 2 is 2.18 bits per heavy atom. The molecule has 1 aromatic heterocycles. The number of rotatable bonds is 7. The molecular formula is C16H22N6O6. The Hall–Kier alpha value is -3.01. The Bertz CT molecular complexity index is 851. The minimum Gasteiger partial charge on any atom is -0.464 e. The number of amides is 1. The van der Waals surface area contributed by atoms with Crippen LogP contribution in [-0.4, -0.2) is 56.5 Å². The molecule has 28 heavy (non-hydrogen) atoms. The van der Waals surface area contributed by atoms with Crippen LogP contribution in [0.15, 0.2) is 17.1 Å². The Labute approximate surface area is 159 Å². The van der Waals surface area contributed by atoms with E-state index in [2.05, 4.69) is 4.98 Å². The zero-order chi connectivity index (χ0) is 21.1. The number of nitrogen functional groups attached to an aromatic ring is 1. The predicted molar refractivity (Wildman–Crippen MR) is 94.0 cm³/mol. The molecule has 2 rings (SSSR count). The normalized spacial score (nSPS) is 27.7. The summed E-state index contributed by atoms with van der Waals surface area (Å²) < 4.78 is 5.94. The third-order valence-electron chi connectivity index (χ3n) is 4.76. The molecule has 0 bridgehead atoms. The number of aliphatic hydroxyl groups excluding tert-OH is 2. The average molecular weight is 394 g/mol. The number of hydrogen-bond acceptors (Lipinski definition) is 10. The summed E-state index contributed by atoms with van der Waals surface area (Å²) in [6.07, 6.45) is -2.14. The summed E-state index contributed by atoms with van der Waals surface area (Å²) in [7, 11) is 0. The van der Waals surface area contributed by atoms with Gasteiger partial charge >= 0.3 is 11.7 Å². The van der Waals surface area contributed by atoms with Gasteiger partial charge in [-0.3, -0.25) is 14.2 Å². The molecule has 152 valence electrons. The first-order chi connectivity index (χ1) is 13.1. The van der Waals surface area contributed by atoms with Gasteiger partial charge in [0, 0.05) is 18.5 Å². The first kappa shape index (κ1) is 21.3. The van der Waals surface area contributed by atoms with E-state index >= 15 is 0 Å². The minimum atomic E-state index is -1.80. The maximum atomic E-state index is 12.1. The number of nitrogens with zero attached hydrogens (tertiary/aromatic N) is 3. The molecule has 1 amide bonds. The zero-order valence-electron chi connectivity index (χ0n) is 14.9. The van der Waals surface area contributed by atoms with Crippen LogP contribution in [0, 0.1) is 17.2 Å². The van der Waals surface area contributed by atoms with Gasteiger partial charge in [-0.05, 0) is 18.9 Å². The Kier molecular flexibility index (Phi) is 6.34. The van der Waals surface area contributed by atoms with Crippen LogP contribution in [0.1, 0.15) is 19.3 Å². The average Bonchev–Trinajstić information content (AvgIpc) is 2.89. The van der Waals surface area contributed by atoms with Crippen molar-refractivity contribution in [2.24, 2.45) is 17.4 Å². The highest BCUT2D eigenvalue weighted by molar-refractivity contribution is 5.78. The van der Waals surface area contributed by atoms with Crippen molar-refractivity contribution in [2.45, 2.75) is 43.1 Å². The number of carbonyl (C=O) groups excluding carboxylic acids is 2. The monoisotopic (exact) mass is 394 g/mol. The van der Waals surface area contributed by atoms with Gasteiger partial charge in [-0.25, -0.2) is 4.79 Å². The maximum Gasteiger partial charge on any atom is 0.350 e. The molecule has 0 spiro atoms. The number of nitrogens with two attached hydrogens (primary N) is 3. The van der Waals surface area contributed by atoms with E-state index in [0.29, 0.717) is 0 Å². The molecule has 0 aromatic carbocycles. The molecule has 2 unspecified atom stereocenters. The minimum absolute atomic E-state index is 0.00134. The highest BCUT2D eigenvalue weighted by atomic mass is 16.5. The second-order valence-corrected chi connectivity index (χ2v) is 6.68. The molecule has 1 saturated carbocycles. The molecule has 1 aliphatic rings. The number of primary amides is 1. The van der Waals surface area contributed by atoms with Crippen molar-refractivity contribution in [3.05, 3.63) is 22.7 Å². The Morgan fingerprint density at radius 1 is 1.50 bits per heavy atom. The van der Waals surface area contributed by atoms with Gasteiger partial charge in [0.2, 0.25) is 5.91 Å². The second kappa shape index (κ2) is 8.34. The van der Waals surface area contributed by atoms with E-state index in [1.165, 1.54) is 12.3 Å². The van der Waals surface area contributed by atoms with E-state index in [0.717, 1.165) is 4.57 Å². The third-order valence-corrected chi connectivity index (χ3v) is 4.76. The summed E-state index contributed by atoms with van der Waals surface area (Å²) in [5.41, 5.74) is 13.4. The molecule has 5 atom stereocenters. The fourth-order valence-corrected chi connectivity index (χ4v) is 3.18. The fraction of sp³-hybridized carbons (Fsp3) is 0.562. The third kappa shape index (κ3) is 4.11. The van der Waals surface area contributed by atoms with E-state index in [1.54, 1.807) is 0 Å². The molecule has 1 aliphatic carbocycles. The molecule has 1 heterocycles. The van der Waals surface area contributed by atoms with E-state index in [4.69, 9.17) is 21.9 Å². The van der Waals surface area contributed by atoms with Gasteiger partial charge < -0.3 is 32.2 Å². The van der Waals surface area contributed by atoms with E-state index in [-0.39, 0.29) is 31.7 Å². The first-order valence-electron chi connectivity index (χ1n) is 8.46. The highest BCUT2D eigenvalue weighted by Gasteiger charge is 2.55. The number of hydrogen-bond donors (Lipinski definition) is 5. The number of carbonyl (C=O) groups is 2. The number of nitriles is 1. The van der Waals surface area contributed by atoms with Crippen LogP contribution >= 0.6 is 0 Å². The topological polar surface area (TPSA) is 221 Å². The van der Waals surface area contributed by atoms with Gasteiger partial charge in [-0.15, -0.1) is 0 Å². The van der Waals surface area contributed by atoms with E-state index in [1.807, 2.05) is 6.07 Å². The lowest BCUT2D eigenvalue weighted by Gasteiger charge is -2.27. The van der Waals surface area contributed by atoms with Crippen LogP contribution in [0.4, 0.5) is 5.82 Å². The van der Waals surface area contributed by atoms with Crippen LogP contribution < -0.4 is 22.9 Å². The van der Waals surface area contributed by atoms with Crippen molar-refractivity contribution < 1.29 is 24.5 Å². The summed E-state index contributed by atoms with van der Waals surface area (Å²) >= 11 is 0. The molecule has 12 nitrogen and oxygen atoms in total. The summed E-state index contributed by atoms with van der Waals surface area (Å²) in [5, 5.41) is 30.4. The second-order valence-electron chi connectivity index (χ2n) is 6.68. The lowest BCUT2D eigenvalue weighted by Crippen LogP contribution is -2.48. The SMILES string of the molecule is N#C[C@@]1(n2ccc(N)nc2=O)C[C@H](COC(=O)[C@@H](N)CCC(N)=O)C(O)C1O. The quantitative estimate of drug-likeness (QED) is 0.293. The van der Waals surface area contributed by atoms with Crippen molar-refractivity contribution in [1.29, 1.82) is 5.26 Å². The van der Waals surface area contributed by atoms with Crippen LogP contribution in [-0.2, 0) is 19.9 Å². The van der Waals surface area contributed by atoms with E-state index in [9.17, 15) is 29.9 Å². The first-order valence-corrected chi connectivity index (χ1v) is 8.46. The van der Waals surface area contributed by atoms with E-state index < -0.39 is 47.3 Å². The molecule has 8 N–H and O–H groups in total. The number of aromatic nitrogens is 2. The Morgan fingerprint density at radius 3 is 2.75 bits per heavy atom. The number of anilines is 1. The van der Waals surface area contributed by atoms with Crippen molar-refractivity contribution in [3.8, 4) is 6.07 Å². The number of esters is 1. The van der Waals surface area contributed by atoms with Crippen LogP contribution in [0.25, 0.3) is 0 Å². The van der Waals surface area contributed by atoms with Gasteiger partial charge in [0.1, 0.15) is 18.0 Å². The molecule has 1 aromatic rings. The largest absolute Gasteiger partial charge is 0.464 e. The summed E-state index contributed by atoms with van der Waals surface area (Å²) in [6.45, 7) is -0.345. The fourth-order valence-electron chi connectivity index (χ4n) is 3.18. The zero-order valence-corrected chi connectivity index (χ0v) is 14.9. The highest BCUT2D eigenvalue weighted by Crippen LogP contribution is 2.40. The molecule has 0 radical (unpaired) electrons. The summed E-state index contributed by atoms with van der Waals surface area (Å²) in [5.74, 6) is -2.33. The molecular weight excluding hydrogens is 372 g/mol. The molecule has 12 heteroatoms. The lowest BCUT2D eigenvalue weighted by atomic mass is 9.95. The van der Waals surface area contributed by atoms with Gasteiger partial charge in [0.15, 0.2) is 5.54 Å². The van der Waals surface area contributed by atoms with Gasteiger partial charge in [0.05, 0.1) is 18.8 Å². The lowest BCUT2D eigenvalue weighted by molar-refractivity contribution is -0.148. The van der Waals surface area contributed by atoms with Crippen LogP contribution in [0.3, 0.4) is 0 Å². The van der Waals surface area contributed by atoms with Crippen molar-refractivity contribution >= 4 is 17.7 Å². The van der Waals surface area contributed by atoms with Gasteiger partial charge in [-0.1, -0.05) is 0 Å². The Balaban J connectivity index is 2.13. The molecule has 0 aliphatic heterocycles. The van der Waals surface area contributed by atoms with Crippen molar-refractivity contribution in [2.75, 3.05) is 12.3 Å². The number of aliphatic hydroxyl groups is 2. The van der Waals surface area contributed by atoms with Gasteiger partial charge in [0.25, 0.3) is 0 Å². The van der Waals surface area contributed by atoms with Crippen molar-refractivity contribution in [1.82, 2.24) is 9.55 Å². The number of ether oxygens (including phenoxy) is 1. The standard InChI is InChI=1S/C16H22N6O6/c17-7-16(22-4-3-10(19)21-15(22)27)5-8(12(24)13(16)25)6-28-14(26)9(18)1-2-11(20)23/h3-4,8-9,12-13,24-25H,1-2,5-6,18H2,(H2,20,23)(H2,19,21,27)/t8-,9+,12?,13?,16+/m1/s1. The summed E-state index contributed by atoms with van der Waals surface area (Å²) in [4.78, 5) is 38.3. The van der Waals surface area contributed by atoms with Crippen LogP contribution in [0.5, 0.6) is 0 Å². The molecule has 1 fully saturated rings. The summed E-state index contributed by atoms with van der Waals surface area (Å²) in [6, 6.07) is 2.06. The van der Waals surface area contributed by atoms with Gasteiger partial charge in [-0.2, -0.15) is 10.2 Å². The molecule has 0 saturated heterocycles. The smallest absolute Gasteiger partial charge is 0.350 e. The maximum absolute atomic E-state index is 12.1. The van der Waals surface area contributed by atoms with Crippen LogP contribution in [0.2, 0.25) is 0 Å².